The molecule has 2 nitrogen and oxygen atoms in total. The molecule has 0 saturated heterocycles. The molecule has 0 aromatic rings. The molecule has 0 aliphatic heterocycles. The molecule has 0 heterocycles. The van der Waals surface area contributed by atoms with Crippen molar-refractivity contribution < 1.29 is 12.3 Å². The Morgan fingerprint density at radius 3 is 2.00 bits per heavy atom. The van der Waals surface area contributed by atoms with E-state index in [1.165, 1.54) is 32.1 Å². The van der Waals surface area contributed by atoms with E-state index in [9.17, 15) is 12.3 Å². The SMILES string of the molecule is O=S(=O)(F)C1CC2(C1)CC1(CCC1)C2. The molecule has 3 aliphatic rings. The second-order valence-corrected chi connectivity index (χ2v) is 7.33. The van der Waals surface area contributed by atoms with E-state index in [2.05, 4.69) is 0 Å². The van der Waals surface area contributed by atoms with Crippen molar-refractivity contribution in [2.75, 3.05) is 0 Å². The van der Waals surface area contributed by atoms with Crippen molar-refractivity contribution in [1.29, 1.82) is 0 Å². The zero-order valence-electron chi connectivity index (χ0n) is 8.13. The van der Waals surface area contributed by atoms with Crippen LogP contribution in [0, 0.1) is 10.8 Å². The predicted molar refractivity (Wildman–Crippen MR) is 51.0 cm³/mol. The third kappa shape index (κ3) is 1.09. The highest BCUT2D eigenvalue weighted by molar-refractivity contribution is 7.87. The van der Waals surface area contributed by atoms with Gasteiger partial charge in [-0.15, -0.1) is 3.89 Å². The van der Waals surface area contributed by atoms with Gasteiger partial charge in [-0.25, -0.2) is 0 Å². The summed E-state index contributed by atoms with van der Waals surface area (Å²) in [6, 6.07) is 0. The van der Waals surface area contributed by atoms with E-state index >= 15 is 0 Å². The van der Waals surface area contributed by atoms with Gasteiger partial charge in [0, 0.05) is 0 Å². The Morgan fingerprint density at radius 1 is 1.07 bits per heavy atom. The van der Waals surface area contributed by atoms with Crippen molar-refractivity contribution in [3.8, 4) is 0 Å². The lowest BCUT2D eigenvalue weighted by atomic mass is 9.40. The summed E-state index contributed by atoms with van der Waals surface area (Å²) in [5.74, 6) is 0. The summed E-state index contributed by atoms with van der Waals surface area (Å²) in [6.07, 6.45) is 7.50. The minimum Gasteiger partial charge on any atom is -0.195 e. The molecule has 0 atom stereocenters. The van der Waals surface area contributed by atoms with Crippen molar-refractivity contribution in [3.63, 3.8) is 0 Å². The van der Waals surface area contributed by atoms with Crippen LogP contribution in [0.15, 0.2) is 0 Å². The van der Waals surface area contributed by atoms with Gasteiger partial charge in [0.15, 0.2) is 0 Å². The van der Waals surface area contributed by atoms with Gasteiger partial charge in [-0.2, -0.15) is 8.42 Å². The Kier molecular flexibility index (Phi) is 1.53. The zero-order chi connectivity index (χ0) is 10.0. The molecule has 2 spiro atoms. The Morgan fingerprint density at radius 2 is 1.64 bits per heavy atom. The lowest BCUT2D eigenvalue weighted by Crippen LogP contribution is -2.58. The lowest BCUT2D eigenvalue weighted by molar-refractivity contribution is -0.137. The minimum atomic E-state index is -4.24. The van der Waals surface area contributed by atoms with Gasteiger partial charge >= 0.3 is 10.2 Å². The maximum absolute atomic E-state index is 12.6. The van der Waals surface area contributed by atoms with Crippen LogP contribution in [0.5, 0.6) is 0 Å². The first kappa shape index (κ1) is 9.13. The molecule has 0 aromatic carbocycles. The molecule has 4 heteroatoms. The summed E-state index contributed by atoms with van der Waals surface area (Å²) in [5, 5.41) is -0.667. The van der Waals surface area contributed by atoms with Crippen LogP contribution >= 0.6 is 0 Å². The van der Waals surface area contributed by atoms with E-state index in [-0.39, 0.29) is 5.41 Å². The fourth-order valence-corrected chi connectivity index (χ4v) is 5.07. The molecule has 3 aliphatic carbocycles. The zero-order valence-corrected chi connectivity index (χ0v) is 8.95. The molecule has 3 saturated carbocycles. The predicted octanol–water partition coefficient (Wildman–Crippen LogP) is 2.40. The fourth-order valence-electron chi connectivity index (χ4n) is 3.96. The van der Waals surface area contributed by atoms with Crippen molar-refractivity contribution in [2.24, 2.45) is 10.8 Å². The van der Waals surface area contributed by atoms with Gasteiger partial charge in [0.05, 0.1) is 5.25 Å². The Balaban J connectivity index is 1.61. The summed E-state index contributed by atoms with van der Waals surface area (Å²) in [5.41, 5.74) is 0.815. The maximum atomic E-state index is 12.6. The highest BCUT2D eigenvalue weighted by Crippen LogP contribution is 2.71. The largest absolute Gasteiger partial charge is 0.305 e. The van der Waals surface area contributed by atoms with Gasteiger partial charge in [-0.3, -0.25) is 0 Å². The van der Waals surface area contributed by atoms with Gasteiger partial charge in [0.1, 0.15) is 0 Å². The molecular formula is C10H15FO2S. The molecule has 3 fully saturated rings. The lowest BCUT2D eigenvalue weighted by Gasteiger charge is -2.66. The van der Waals surface area contributed by atoms with Crippen LogP contribution in [0.1, 0.15) is 44.9 Å². The molecule has 0 radical (unpaired) electrons. The van der Waals surface area contributed by atoms with E-state index < -0.39 is 15.5 Å². The maximum Gasteiger partial charge on any atom is 0.305 e. The third-order valence-electron chi connectivity index (χ3n) is 4.63. The van der Waals surface area contributed by atoms with Gasteiger partial charge < -0.3 is 0 Å². The van der Waals surface area contributed by atoms with Gasteiger partial charge in [-0.1, -0.05) is 6.42 Å². The molecule has 3 rings (SSSR count). The topological polar surface area (TPSA) is 34.1 Å². The van der Waals surface area contributed by atoms with Crippen molar-refractivity contribution in [3.05, 3.63) is 0 Å². The van der Waals surface area contributed by atoms with E-state index in [0.717, 1.165) is 0 Å². The highest BCUT2D eigenvalue weighted by atomic mass is 32.3. The second-order valence-electron chi connectivity index (χ2n) is 5.71. The van der Waals surface area contributed by atoms with E-state index in [0.29, 0.717) is 18.3 Å². The van der Waals surface area contributed by atoms with Crippen LogP contribution in [-0.2, 0) is 10.2 Å². The summed E-state index contributed by atoms with van der Waals surface area (Å²) in [4.78, 5) is 0. The molecule has 0 amide bonds. The summed E-state index contributed by atoms with van der Waals surface area (Å²) >= 11 is 0. The number of hydrogen-bond donors (Lipinski definition) is 0. The van der Waals surface area contributed by atoms with E-state index in [1.54, 1.807) is 0 Å². The molecule has 0 bridgehead atoms. The van der Waals surface area contributed by atoms with E-state index in [1.807, 2.05) is 0 Å². The number of hydrogen-bond acceptors (Lipinski definition) is 2. The average Bonchev–Trinajstić information content (AvgIpc) is 1.72. The minimum absolute atomic E-state index is 0.240. The first-order valence-electron chi connectivity index (χ1n) is 5.37. The number of halogens is 1. The monoisotopic (exact) mass is 218 g/mol. The smallest absolute Gasteiger partial charge is 0.195 e. The molecule has 0 N–H and O–H groups in total. The van der Waals surface area contributed by atoms with Crippen molar-refractivity contribution in [2.45, 2.75) is 50.2 Å². The van der Waals surface area contributed by atoms with Crippen LogP contribution in [0.3, 0.4) is 0 Å². The molecular weight excluding hydrogens is 203 g/mol. The normalized spacial score (nSPS) is 33.5. The highest BCUT2D eigenvalue weighted by Gasteiger charge is 2.63. The van der Waals surface area contributed by atoms with E-state index in [4.69, 9.17) is 0 Å². The first-order chi connectivity index (χ1) is 6.43. The summed E-state index contributed by atoms with van der Waals surface area (Å²) < 4.78 is 33.8. The summed E-state index contributed by atoms with van der Waals surface area (Å²) in [6.45, 7) is 0. The molecule has 0 aromatic heterocycles. The van der Waals surface area contributed by atoms with Gasteiger partial charge in [0.25, 0.3) is 0 Å². The average molecular weight is 218 g/mol. The van der Waals surface area contributed by atoms with Gasteiger partial charge in [-0.05, 0) is 49.4 Å². The number of rotatable bonds is 1. The molecule has 80 valence electrons. The molecule has 14 heavy (non-hydrogen) atoms. The Hall–Kier alpha value is -0.120. The van der Waals surface area contributed by atoms with Gasteiger partial charge in [0.2, 0.25) is 0 Å². The standard InChI is InChI=1S/C10H15FO2S/c11-14(12,13)8-4-10(5-8)6-9(7-10)2-1-3-9/h8H,1-7H2. The summed E-state index contributed by atoms with van der Waals surface area (Å²) in [7, 11) is -4.24. The van der Waals surface area contributed by atoms with Crippen LogP contribution in [0.25, 0.3) is 0 Å². The fraction of sp³-hybridized carbons (Fsp3) is 1.00. The van der Waals surface area contributed by atoms with Crippen molar-refractivity contribution in [1.82, 2.24) is 0 Å². The van der Waals surface area contributed by atoms with Crippen LogP contribution in [0.4, 0.5) is 3.89 Å². The quantitative estimate of drug-likeness (QED) is 0.633. The van der Waals surface area contributed by atoms with Crippen LogP contribution in [0.2, 0.25) is 0 Å². The Bertz CT molecular complexity index is 354. The Labute approximate surface area is 84.1 Å². The third-order valence-corrected chi connectivity index (χ3v) is 5.76. The first-order valence-corrected chi connectivity index (χ1v) is 6.81. The molecule has 0 unspecified atom stereocenters. The van der Waals surface area contributed by atoms with Crippen LogP contribution in [-0.4, -0.2) is 13.7 Å². The second kappa shape index (κ2) is 2.34. The van der Waals surface area contributed by atoms with Crippen molar-refractivity contribution >= 4 is 10.2 Å². The van der Waals surface area contributed by atoms with Crippen LogP contribution < -0.4 is 0 Å².